The van der Waals surface area contributed by atoms with Crippen LogP contribution in [0.3, 0.4) is 0 Å². The molecule has 0 fully saturated rings. The maximum atomic E-state index is 5.66. The first-order chi connectivity index (χ1) is 10.7. The van der Waals surface area contributed by atoms with Crippen LogP contribution in [0.15, 0.2) is 6.07 Å². The topological polar surface area (TPSA) is 47.1 Å². The Kier molecular flexibility index (Phi) is 4.10. The molecule has 0 saturated carbocycles. The summed E-state index contributed by atoms with van der Waals surface area (Å²) in [6, 6.07) is 2.27. The highest BCUT2D eigenvalue weighted by atomic mass is 16.5. The molecule has 0 aliphatic heterocycles. The number of hydrogen-bond donors (Lipinski definition) is 1. The highest BCUT2D eigenvalue weighted by molar-refractivity contribution is 5.54. The van der Waals surface area contributed by atoms with Crippen molar-refractivity contribution in [1.29, 1.82) is 0 Å². The van der Waals surface area contributed by atoms with Crippen LogP contribution in [0, 0.1) is 13.8 Å². The first kappa shape index (κ1) is 14.9. The van der Waals surface area contributed by atoms with Gasteiger partial charge in [0.15, 0.2) is 0 Å². The quantitative estimate of drug-likeness (QED) is 0.919. The second kappa shape index (κ2) is 6.03. The van der Waals surface area contributed by atoms with Crippen LogP contribution in [0.25, 0.3) is 0 Å². The normalized spacial score (nSPS) is 13.3. The highest BCUT2D eigenvalue weighted by Crippen LogP contribution is 2.37. The fraction of sp³-hybridized carbons (Fsp3) is 0.500. The molecule has 22 heavy (non-hydrogen) atoms. The van der Waals surface area contributed by atoms with Gasteiger partial charge in [0, 0.05) is 17.7 Å². The van der Waals surface area contributed by atoms with Crippen LogP contribution in [0.5, 0.6) is 11.6 Å². The van der Waals surface area contributed by atoms with Gasteiger partial charge in [0.05, 0.1) is 13.7 Å². The maximum absolute atomic E-state index is 5.66. The van der Waals surface area contributed by atoms with E-state index in [-0.39, 0.29) is 0 Å². The van der Waals surface area contributed by atoms with Crippen molar-refractivity contribution in [3.05, 3.63) is 39.6 Å². The number of H-pyrrole nitrogens is 1. The van der Waals surface area contributed by atoms with E-state index in [0.717, 1.165) is 36.6 Å². The summed E-state index contributed by atoms with van der Waals surface area (Å²) in [6.45, 7) is 6.81. The lowest BCUT2D eigenvalue weighted by Gasteiger charge is -2.16. The summed E-state index contributed by atoms with van der Waals surface area (Å²) in [7, 11) is 1.77. The van der Waals surface area contributed by atoms with Crippen molar-refractivity contribution in [2.75, 3.05) is 13.7 Å². The number of hydrogen-bond acceptors (Lipinski definition) is 3. The number of aromatic nitrogens is 2. The lowest BCUT2D eigenvalue weighted by Crippen LogP contribution is -2.02. The molecule has 0 bridgehead atoms. The Morgan fingerprint density at radius 3 is 2.73 bits per heavy atom. The Hall–Kier alpha value is -1.97. The number of rotatable bonds is 5. The van der Waals surface area contributed by atoms with Gasteiger partial charge in [-0.05, 0) is 62.3 Å². The minimum atomic E-state index is 0.636. The summed E-state index contributed by atoms with van der Waals surface area (Å²) in [4.78, 5) is 0. The third kappa shape index (κ3) is 2.47. The van der Waals surface area contributed by atoms with E-state index in [1.165, 1.54) is 34.2 Å². The smallest absolute Gasteiger partial charge is 0.236 e. The van der Waals surface area contributed by atoms with E-state index in [1.54, 1.807) is 7.11 Å². The number of nitrogens with one attached hydrogen (secondary N) is 1. The summed E-state index contributed by atoms with van der Waals surface area (Å²) < 4.78 is 11.3. The fourth-order valence-corrected chi connectivity index (χ4v) is 3.53. The maximum Gasteiger partial charge on any atom is 0.236 e. The molecule has 118 valence electrons. The molecule has 4 heteroatoms. The summed E-state index contributed by atoms with van der Waals surface area (Å²) in [5.41, 5.74) is 7.72. The van der Waals surface area contributed by atoms with Crippen LogP contribution >= 0.6 is 0 Å². The Balaban J connectivity index is 2.02. The standard InChI is InChI=1S/C18H24N2O2/c1-5-22-18-16(12(3)19-20-18)10-13-9-11(2)17(21-4)15-8-6-7-14(13)15/h9H,5-8,10H2,1-4H3,(H,19,20). The minimum absolute atomic E-state index is 0.636. The van der Waals surface area contributed by atoms with Crippen LogP contribution in [0.2, 0.25) is 0 Å². The molecule has 0 saturated heterocycles. The van der Waals surface area contributed by atoms with Crippen molar-refractivity contribution >= 4 is 0 Å². The molecule has 1 N–H and O–H groups in total. The van der Waals surface area contributed by atoms with E-state index in [9.17, 15) is 0 Å². The van der Waals surface area contributed by atoms with Gasteiger partial charge in [-0.15, -0.1) is 5.10 Å². The van der Waals surface area contributed by atoms with E-state index in [1.807, 2.05) is 6.92 Å². The third-order valence-corrected chi connectivity index (χ3v) is 4.52. The zero-order chi connectivity index (χ0) is 15.7. The number of nitrogens with zero attached hydrogens (tertiary/aromatic N) is 1. The molecule has 0 unspecified atom stereocenters. The van der Waals surface area contributed by atoms with Gasteiger partial charge in [-0.1, -0.05) is 6.07 Å². The van der Waals surface area contributed by atoms with Crippen molar-refractivity contribution in [2.45, 2.75) is 46.5 Å². The first-order valence-electron chi connectivity index (χ1n) is 8.00. The van der Waals surface area contributed by atoms with Gasteiger partial charge in [-0.3, -0.25) is 5.10 Å². The molecule has 0 atom stereocenters. The van der Waals surface area contributed by atoms with E-state index in [0.29, 0.717) is 6.61 Å². The van der Waals surface area contributed by atoms with Crippen molar-refractivity contribution in [3.8, 4) is 11.6 Å². The zero-order valence-corrected chi connectivity index (χ0v) is 13.9. The van der Waals surface area contributed by atoms with Gasteiger partial charge in [-0.25, -0.2) is 0 Å². The van der Waals surface area contributed by atoms with E-state index in [4.69, 9.17) is 9.47 Å². The molecule has 1 aliphatic rings. The average Bonchev–Trinajstić information content (AvgIpc) is 3.09. The summed E-state index contributed by atoms with van der Waals surface area (Å²) >= 11 is 0. The SMILES string of the molecule is CCOc1n[nH]c(C)c1Cc1cc(C)c(OC)c2c1CCC2. The number of fused-ring (bicyclic) bond motifs is 1. The monoisotopic (exact) mass is 300 g/mol. The second-order valence-corrected chi connectivity index (χ2v) is 5.94. The molecule has 4 nitrogen and oxygen atoms in total. The predicted octanol–water partition coefficient (Wildman–Crippen LogP) is 3.51. The second-order valence-electron chi connectivity index (χ2n) is 5.94. The van der Waals surface area contributed by atoms with E-state index in [2.05, 4.69) is 30.1 Å². The first-order valence-corrected chi connectivity index (χ1v) is 8.00. The van der Waals surface area contributed by atoms with Crippen molar-refractivity contribution in [1.82, 2.24) is 10.2 Å². The van der Waals surface area contributed by atoms with Crippen molar-refractivity contribution < 1.29 is 9.47 Å². The molecule has 2 aromatic rings. The molecule has 1 heterocycles. The van der Waals surface area contributed by atoms with Crippen LogP contribution in [-0.4, -0.2) is 23.9 Å². The Labute approximate surface area is 131 Å². The summed E-state index contributed by atoms with van der Waals surface area (Å²) in [6.07, 6.45) is 4.34. The Bertz CT molecular complexity index is 689. The van der Waals surface area contributed by atoms with Crippen molar-refractivity contribution in [3.63, 3.8) is 0 Å². The minimum Gasteiger partial charge on any atom is -0.496 e. The van der Waals surface area contributed by atoms with E-state index < -0.39 is 0 Å². The Morgan fingerprint density at radius 2 is 2.00 bits per heavy atom. The van der Waals surface area contributed by atoms with Gasteiger partial charge in [0.1, 0.15) is 5.75 Å². The van der Waals surface area contributed by atoms with Gasteiger partial charge < -0.3 is 9.47 Å². The third-order valence-electron chi connectivity index (χ3n) is 4.52. The molecular weight excluding hydrogens is 276 g/mol. The number of benzene rings is 1. The average molecular weight is 300 g/mol. The predicted molar refractivity (Wildman–Crippen MR) is 87.1 cm³/mol. The van der Waals surface area contributed by atoms with Gasteiger partial charge in [0.2, 0.25) is 5.88 Å². The number of aromatic amines is 1. The summed E-state index contributed by atoms with van der Waals surface area (Å²) in [5.74, 6) is 1.81. The Morgan fingerprint density at radius 1 is 1.23 bits per heavy atom. The molecule has 1 aliphatic carbocycles. The molecule has 3 rings (SSSR count). The lowest BCUT2D eigenvalue weighted by atomic mass is 9.94. The number of methoxy groups -OCH3 is 1. The lowest BCUT2D eigenvalue weighted by molar-refractivity contribution is 0.323. The number of ether oxygens (including phenoxy) is 2. The molecule has 1 aromatic heterocycles. The van der Waals surface area contributed by atoms with Gasteiger partial charge >= 0.3 is 0 Å². The largest absolute Gasteiger partial charge is 0.496 e. The van der Waals surface area contributed by atoms with Crippen LogP contribution in [-0.2, 0) is 19.3 Å². The molecule has 0 spiro atoms. The van der Waals surface area contributed by atoms with Gasteiger partial charge in [-0.2, -0.15) is 0 Å². The molecule has 0 radical (unpaired) electrons. The van der Waals surface area contributed by atoms with Crippen LogP contribution in [0.4, 0.5) is 0 Å². The molecule has 0 amide bonds. The number of aryl methyl sites for hydroxylation is 2. The van der Waals surface area contributed by atoms with Gasteiger partial charge in [0.25, 0.3) is 0 Å². The summed E-state index contributed by atoms with van der Waals surface area (Å²) in [5, 5.41) is 7.33. The van der Waals surface area contributed by atoms with Crippen molar-refractivity contribution in [2.24, 2.45) is 0 Å². The molecular formula is C18H24N2O2. The molecule has 1 aromatic carbocycles. The van der Waals surface area contributed by atoms with Crippen LogP contribution in [0.1, 0.15) is 46.9 Å². The van der Waals surface area contributed by atoms with E-state index >= 15 is 0 Å². The fourth-order valence-electron chi connectivity index (χ4n) is 3.53. The highest BCUT2D eigenvalue weighted by Gasteiger charge is 2.23. The van der Waals surface area contributed by atoms with Crippen LogP contribution < -0.4 is 9.47 Å². The zero-order valence-electron chi connectivity index (χ0n) is 13.9.